The fourth-order valence-electron chi connectivity index (χ4n) is 2.07. The van der Waals surface area contributed by atoms with E-state index in [0.717, 1.165) is 31.3 Å². The van der Waals surface area contributed by atoms with Gasteiger partial charge in [0.15, 0.2) is 0 Å². The average Bonchev–Trinajstić information content (AvgIpc) is 2.24. The van der Waals surface area contributed by atoms with Gasteiger partial charge in [-0.1, -0.05) is 12.1 Å². The molecule has 0 spiro atoms. The van der Waals surface area contributed by atoms with Crippen molar-refractivity contribution in [2.45, 2.75) is 45.1 Å². The Balaban J connectivity index is 2.20. The zero-order valence-corrected chi connectivity index (χ0v) is 9.95. The van der Waals surface area contributed by atoms with Gasteiger partial charge in [0.2, 0.25) is 0 Å². The lowest BCUT2D eigenvalue weighted by Crippen LogP contribution is -2.32. The summed E-state index contributed by atoms with van der Waals surface area (Å²) in [6.07, 6.45) is 4.50. The summed E-state index contributed by atoms with van der Waals surface area (Å²) in [7, 11) is 0. The second kappa shape index (κ2) is 4.28. The van der Waals surface area contributed by atoms with Crippen molar-refractivity contribution in [3.63, 3.8) is 0 Å². The molecule has 1 aromatic carbocycles. The van der Waals surface area contributed by atoms with Crippen molar-refractivity contribution < 1.29 is 9.53 Å². The van der Waals surface area contributed by atoms with Gasteiger partial charge in [0.05, 0.1) is 0 Å². The van der Waals surface area contributed by atoms with Gasteiger partial charge in [0, 0.05) is 6.42 Å². The molecule has 0 amide bonds. The van der Waals surface area contributed by atoms with Crippen LogP contribution in [0.4, 0.5) is 0 Å². The Morgan fingerprint density at radius 2 is 2.25 bits per heavy atom. The van der Waals surface area contributed by atoms with E-state index in [4.69, 9.17) is 4.74 Å². The zero-order valence-electron chi connectivity index (χ0n) is 9.95. The number of ether oxygens (including phenoxy) is 1. The lowest BCUT2D eigenvalue weighted by molar-refractivity contribution is -0.107. The molecule has 0 saturated carbocycles. The number of hydrogen-bond donors (Lipinski definition) is 0. The van der Waals surface area contributed by atoms with Crippen LogP contribution in [0.5, 0.6) is 5.75 Å². The largest absolute Gasteiger partial charge is 0.488 e. The third-order valence-corrected chi connectivity index (χ3v) is 3.07. The van der Waals surface area contributed by atoms with Crippen molar-refractivity contribution in [3.05, 3.63) is 29.3 Å². The molecule has 0 N–H and O–H groups in total. The molecule has 0 aromatic heterocycles. The predicted octanol–water partition coefficient (Wildman–Crippen LogP) is 2.92. The van der Waals surface area contributed by atoms with Gasteiger partial charge in [0.25, 0.3) is 0 Å². The lowest BCUT2D eigenvalue weighted by atomic mass is 9.93. The molecule has 1 aromatic rings. The topological polar surface area (TPSA) is 26.3 Å². The summed E-state index contributed by atoms with van der Waals surface area (Å²) in [4.78, 5) is 10.3. The van der Waals surface area contributed by atoms with Crippen molar-refractivity contribution in [1.82, 2.24) is 0 Å². The molecule has 0 saturated heterocycles. The van der Waals surface area contributed by atoms with Crippen LogP contribution in [0.15, 0.2) is 18.2 Å². The highest BCUT2D eigenvalue weighted by Gasteiger charge is 2.26. The standard InChI is InChI=1S/C14H18O2/c1-14(2)8-7-12-6-5-11(4-3-9-15)10-13(12)16-14/h5-6,9-10H,3-4,7-8H2,1-2H3. The van der Waals surface area contributed by atoms with Crippen molar-refractivity contribution in [3.8, 4) is 5.75 Å². The third kappa shape index (κ3) is 2.43. The van der Waals surface area contributed by atoms with Crippen LogP contribution in [-0.4, -0.2) is 11.9 Å². The van der Waals surface area contributed by atoms with Crippen LogP contribution in [0.2, 0.25) is 0 Å². The summed E-state index contributed by atoms with van der Waals surface area (Å²) in [5.74, 6) is 1.000. The first-order valence-corrected chi connectivity index (χ1v) is 5.85. The van der Waals surface area contributed by atoms with E-state index in [2.05, 4.69) is 32.0 Å². The van der Waals surface area contributed by atoms with Crippen molar-refractivity contribution in [2.75, 3.05) is 0 Å². The molecule has 1 aliphatic heterocycles. The van der Waals surface area contributed by atoms with Crippen LogP contribution in [-0.2, 0) is 17.6 Å². The normalized spacial score (nSPS) is 17.4. The van der Waals surface area contributed by atoms with Gasteiger partial charge < -0.3 is 9.53 Å². The van der Waals surface area contributed by atoms with Crippen LogP contribution in [0.25, 0.3) is 0 Å². The van der Waals surface area contributed by atoms with Crippen molar-refractivity contribution in [2.24, 2.45) is 0 Å². The molecular formula is C14H18O2. The van der Waals surface area contributed by atoms with Gasteiger partial charge in [-0.05, 0) is 50.3 Å². The number of rotatable bonds is 3. The average molecular weight is 218 g/mol. The molecule has 2 rings (SSSR count). The summed E-state index contributed by atoms with van der Waals surface area (Å²) in [5, 5.41) is 0. The van der Waals surface area contributed by atoms with Gasteiger partial charge in [-0.3, -0.25) is 0 Å². The Kier molecular flexibility index (Phi) is 2.99. The second-order valence-electron chi connectivity index (χ2n) is 5.01. The Morgan fingerprint density at radius 1 is 1.44 bits per heavy atom. The number of fused-ring (bicyclic) bond motifs is 1. The minimum absolute atomic E-state index is 0.0592. The van der Waals surface area contributed by atoms with Crippen LogP contribution >= 0.6 is 0 Å². The molecule has 0 radical (unpaired) electrons. The van der Waals surface area contributed by atoms with E-state index in [1.54, 1.807) is 0 Å². The number of aryl methyl sites for hydroxylation is 2. The fourth-order valence-corrected chi connectivity index (χ4v) is 2.07. The number of benzene rings is 1. The molecule has 0 unspecified atom stereocenters. The summed E-state index contributed by atoms with van der Waals surface area (Å²) in [5.41, 5.74) is 2.41. The smallest absolute Gasteiger partial charge is 0.123 e. The van der Waals surface area contributed by atoms with E-state index in [1.807, 2.05) is 0 Å². The first-order valence-electron chi connectivity index (χ1n) is 5.85. The molecule has 86 valence electrons. The molecule has 0 atom stereocenters. The van der Waals surface area contributed by atoms with Gasteiger partial charge in [-0.25, -0.2) is 0 Å². The van der Waals surface area contributed by atoms with E-state index in [9.17, 15) is 4.79 Å². The molecule has 16 heavy (non-hydrogen) atoms. The molecule has 0 aliphatic carbocycles. The third-order valence-electron chi connectivity index (χ3n) is 3.07. The Hall–Kier alpha value is -1.31. The molecule has 2 nitrogen and oxygen atoms in total. The summed E-state index contributed by atoms with van der Waals surface area (Å²) >= 11 is 0. The van der Waals surface area contributed by atoms with Crippen molar-refractivity contribution >= 4 is 6.29 Å². The summed E-state index contributed by atoms with van der Waals surface area (Å²) < 4.78 is 5.95. The minimum atomic E-state index is -0.0592. The number of aldehydes is 1. The Morgan fingerprint density at radius 3 is 3.00 bits per heavy atom. The second-order valence-corrected chi connectivity index (χ2v) is 5.01. The van der Waals surface area contributed by atoms with Crippen LogP contribution in [0.1, 0.15) is 37.8 Å². The maximum Gasteiger partial charge on any atom is 0.123 e. The predicted molar refractivity (Wildman–Crippen MR) is 63.9 cm³/mol. The van der Waals surface area contributed by atoms with E-state index in [0.29, 0.717) is 6.42 Å². The van der Waals surface area contributed by atoms with E-state index >= 15 is 0 Å². The molecule has 1 aliphatic rings. The van der Waals surface area contributed by atoms with Crippen LogP contribution in [0, 0.1) is 0 Å². The van der Waals surface area contributed by atoms with Gasteiger partial charge in [-0.15, -0.1) is 0 Å². The first kappa shape index (κ1) is 11.2. The lowest BCUT2D eigenvalue weighted by Gasteiger charge is -2.32. The molecule has 1 heterocycles. The SMILES string of the molecule is CC1(C)CCc2ccc(CCC=O)cc2O1. The molecule has 2 heteroatoms. The van der Waals surface area contributed by atoms with Crippen molar-refractivity contribution in [1.29, 1.82) is 0 Å². The summed E-state index contributed by atoms with van der Waals surface area (Å²) in [6.45, 7) is 4.24. The van der Waals surface area contributed by atoms with E-state index < -0.39 is 0 Å². The minimum Gasteiger partial charge on any atom is -0.488 e. The summed E-state index contributed by atoms with van der Waals surface area (Å²) in [6, 6.07) is 6.31. The van der Waals surface area contributed by atoms with Crippen LogP contribution in [0.3, 0.4) is 0 Å². The highest BCUT2D eigenvalue weighted by atomic mass is 16.5. The number of hydrogen-bond acceptors (Lipinski definition) is 2. The van der Waals surface area contributed by atoms with E-state index in [-0.39, 0.29) is 5.60 Å². The zero-order chi connectivity index (χ0) is 11.6. The maximum atomic E-state index is 10.3. The number of carbonyl (C=O) groups excluding carboxylic acids is 1. The monoisotopic (exact) mass is 218 g/mol. The first-order chi connectivity index (χ1) is 7.61. The molecule has 0 fully saturated rings. The van der Waals surface area contributed by atoms with Gasteiger partial charge in [-0.2, -0.15) is 0 Å². The Labute approximate surface area is 96.6 Å². The maximum absolute atomic E-state index is 10.3. The van der Waals surface area contributed by atoms with E-state index in [1.165, 1.54) is 11.1 Å². The number of carbonyl (C=O) groups is 1. The Bertz CT molecular complexity index is 394. The molecular weight excluding hydrogens is 200 g/mol. The highest BCUT2D eigenvalue weighted by molar-refractivity contribution is 5.50. The fraction of sp³-hybridized carbons (Fsp3) is 0.500. The van der Waals surface area contributed by atoms with Gasteiger partial charge >= 0.3 is 0 Å². The highest BCUT2D eigenvalue weighted by Crippen LogP contribution is 2.33. The molecule has 0 bridgehead atoms. The quantitative estimate of drug-likeness (QED) is 0.729. The van der Waals surface area contributed by atoms with Gasteiger partial charge in [0.1, 0.15) is 17.6 Å². The van der Waals surface area contributed by atoms with Crippen LogP contribution < -0.4 is 4.74 Å².